The number of hydrogen-bond acceptors (Lipinski definition) is 8. The zero-order valence-electron chi connectivity index (χ0n) is 22.9. The standard InChI is InChI=1S/C27H34N4O6.CH2O2/c1-30(2)16-27(34)31-14-21-24(15-31)37-20-8-4-19(5-9-20)13-28-26(33)17-36-22-10-6-18(12-23(22)35-3)7-11-25(32)29-21;2-1-3/h4-6,8-10,12,21,24H,7,11,13-17H2,1-3H3,(H,28,33)(H,29,32);1H,(H,2,3)/t21-,24-;/m0./s1. The number of nitrogens with one attached hydrogen (secondary N) is 2. The van der Waals surface area contributed by atoms with Gasteiger partial charge in [0, 0.05) is 19.5 Å². The molecule has 4 bridgehead atoms. The van der Waals surface area contributed by atoms with E-state index in [4.69, 9.17) is 24.1 Å². The van der Waals surface area contributed by atoms with Crippen molar-refractivity contribution in [2.24, 2.45) is 0 Å². The lowest BCUT2D eigenvalue weighted by atomic mass is 10.1. The van der Waals surface area contributed by atoms with Gasteiger partial charge in [-0.15, -0.1) is 0 Å². The van der Waals surface area contributed by atoms with E-state index in [2.05, 4.69) is 10.6 Å². The summed E-state index contributed by atoms with van der Waals surface area (Å²) < 4.78 is 17.3. The van der Waals surface area contributed by atoms with Crippen molar-refractivity contribution in [3.8, 4) is 17.2 Å². The van der Waals surface area contributed by atoms with Crippen LogP contribution in [0, 0.1) is 0 Å². The van der Waals surface area contributed by atoms with Gasteiger partial charge in [0.15, 0.2) is 18.1 Å². The topological polar surface area (TPSA) is 147 Å². The highest BCUT2D eigenvalue weighted by Crippen LogP contribution is 2.28. The second-order valence-electron chi connectivity index (χ2n) is 9.67. The Hall–Kier alpha value is -4.32. The van der Waals surface area contributed by atoms with E-state index < -0.39 is 0 Å². The lowest BCUT2D eigenvalue weighted by Gasteiger charge is -2.21. The summed E-state index contributed by atoms with van der Waals surface area (Å²) in [6, 6.07) is 12.5. The molecule has 12 heteroatoms. The van der Waals surface area contributed by atoms with E-state index in [1.807, 2.05) is 55.4 Å². The van der Waals surface area contributed by atoms with Gasteiger partial charge in [0.05, 0.1) is 26.2 Å². The number of benzene rings is 2. The SMILES string of the molecule is COc1cc2ccc1OCC(=O)NCc1ccc(cc1)O[C@H]1CN(C(=O)CN(C)C)C[C@@H]1NC(=O)CC2.O=CO. The summed E-state index contributed by atoms with van der Waals surface area (Å²) in [5.41, 5.74) is 1.80. The maximum Gasteiger partial charge on any atom is 0.290 e. The number of carbonyl (C=O) groups is 4. The molecular formula is C28H36N4O8. The molecule has 7 rings (SSSR count). The normalized spacial score (nSPS) is 19.2. The Morgan fingerprint density at radius 2 is 1.80 bits per heavy atom. The Kier molecular flexibility index (Phi) is 11.1. The smallest absolute Gasteiger partial charge is 0.290 e. The van der Waals surface area contributed by atoms with E-state index in [-0.39, 0.29) is 55.9 Å². The third kappa shape index (κ3) is 8.87. The van der Waals surface area contributed by atoms with Crippen molar-refractivity contribution in [3.05, 3.63) is 53.6 Å². The van der Waals surface area contributed by atoms with Gasteiger partial charge in [0.25, 0.3) is 12.4 Å². The molecule has 1 fully saturated rings. The van der Waals surface area contributed by atoms with Crippen molar-refractivity contribution in [3.63, 3.8) is 0 Å². The van der Waals surface area contributed by atoms with Gasteiger partial charge >= 0.3 is 0 Å². The first-order valence-electron chi connectivity index (χ1n) is 12.8. The minimum absolute atomic E-state index is 0.0126. The predicted molar refractivity (Wildman–Crippen MR) is 145 cm³/mol. The molecule has 1 saturated heterocycles. The van der Waals surface area contributed by atoms with Crippen LogP contribution in [0.1, 0.15) is 17.5 Å². The second-order valence-corrected chi connectivity index (χ2v) is 9.67. The molecule has 3 amide bonds. The van der Waals surface area contributed by atoms with Crippen molar-refractivity contribution in [1.82, 2.24) is 20.4 Å². The summed E-state index contributed by atoms with van der Waals surface area (Å²) in [6.45, 7) is 0.995. The molecule has 0 radical (unpaired) electrons. The molecule has 0 unspecified atom stereocenters. The van der Waals surface area contributed by atoms with Gasteiger partial charge in [-0.05, 0) is 55.9 Å². The fourth-order valence-electron chi connectivity index (χ4n) is 4.39. The van der Waals surface area contributed by atoms with E-state index in [1.165, 1.54) is 7.11 Å². The van der Waals surface area contributed by atoms with Crippen LogP contribution in [-0.2, 0) is 32.1 Å². The van der Waals surface area contributed by atoms with Gasteiger partial charge in [-0.25, -0.2) is 0 Å². The van der Waals surface area contributed by atoms with Crippen molar-refractivity contribution in [2.45, 2.75) is 31.5 Å². The van der Waals surface area contributed by atoms with Crippen molar-refractivity contribution in [1.29, 1.82) is 0 Å². The Balaban J connectivity index is 0.00000141. The number of nitrogens with zero attached hydrogens (tertiary/aromatic N) is 2. The van der Waals surface area contributed by atoms with E-state index >= 15 is 0 Å². The van der Waals surface area contributed by atoms with E-state index in [0.717, 1.165) is 11.1 Å². The summed E-state index contributed by atoms with van der Waals surface area (Å²) in [6.07, 6.45) is 0.365. The van der Waals surface area contributed by atoms with Crippen LogP contribution >= 0.6 is 0 Å². The van der Waals surface area contributed by atoms with Crippen LogP contribution in [0.3, 0.4) is 0 Å². The quantitative estimate of drug-likeness (QED) is 0.464. The van der Waals surface area contributed by atoms with Gasteiger partial charge in [-0.3, -0.25) is 19.2 Å². The molecule has 5 aliphatic rings. The molecule has 2 aromatic rings. The Labute approximate surface area is 233 Å². The van der Waals surface area contributed by atoms with Crippen LogP contribution in [0.2, 0.25) is 0 Å². The van der Waals surface area contributed by atoms with E-state index in [0.29, 0.717) is 43.3 Å². The molecule has 0 spiro atoms. The number of amides is 3. The van der Waals surface area contributed by atoms with Gasteiger partial charge in [0.2, 0.25) is 11.8 Å². The Bertz CT molecular complexity index is 1170. The first-order valence-corrected chi connectivity index (χ1v) is 12.8. The lowest BCUT2D eigenvalue weighted by molar-refractivity contribution is -0.131. The maximum absolute atomic E-state index is 12.9. The van der Waals surface area contributed by atoms with Crippen LogP contribution in [0.15, 0.2) is 42.5 Å². The molecule has 216 valence electrons. The monoisotopic (exact) mass is 556 g/mol. The maximum atomic E-state index is 12.9. The van der Waals surface area contributed by atoms with E-state index in [1.54, 1.807) is 11.0 Å². The van der Waals surface area contributed by atoms with Gasteiger partial charge in [0.1, 0.15) is 11.9 Å². The van der Waals surface area contributed by atoms with Crippen molar-refractivity contribution < 1.29 is 38.5 Å². The number of hydrogen-bond donors (Lipinski definition) is 3. The predicted octanol–water partition coefficient (Wildman–Crippen LogP) is 0.673. The summed E-state index contributed by atoms with van der Waals surface area (Å²) in [5.74, 6) is 1.19. The highest BCUT2D eigenvalue weighted by molar-refractivity contribution is 5.80. The van der Waals surface area contributed by atoms with E-state index in [9.17, 15) is 14.4 Å². The van der Waals surface area contributed by atoms with Crippen LogP contribution in [0.4, 0.5) is 0 Å². The molecule has 0 saturated carbocycles. The largest absolute Gasteiger partial charge is 0.493 e. The molecule has 2 atom stereocenters. The molecule has 0 aromatic heterocycles. The number of aryl methyl sites for hydroxylation is 1. The highest BCUT2D eigenvalue weighted by Gasteiger charge is 2.37. The number of methoxy groups -OCH3 is 1. The minimum Gasteiger partial charge on any atom is -0.493 e. The fraction of sp³-hybridized carbons (Fsp3) is 0.429. The number of rotatable bonds is 3. The Morgan fingerprint density at radius 1 is 1.10 bits per heavy atom. The van der Waals surface area contributed by atoms with Crippen LogP contribution in [0.25, 0.3) is 0 Å². The van der Waals surface area contributed by atoms with Crippen LogP contribution < -0.4 is 24.8 Å². The molecule has 2 aromatic carbocycles. The fourth-order valence-corrected chi connectivity index (χ4v) is 4.39. The van der Waals surface area contributed by atoms with Crippen molar-refractivity contribution in [2.75, 3.05) is 47.4 Å². The molecule has 40 heavy (non-hydrogen) atoms. The first-order chi connectivity index (χ1) is 19.2. The zero-order chi connectivity index (χ0) is 29.1. The van der Waals surface area contributed by atoms with Gasteiger partial charge in [-0.1, -0.05) is 18.2 Å². The molecule has 0 aliphatic carbocycles. The summed E-state index contributed by atoms with van der Waals surface area (Å²) >= 11 is 0. The summed E-state index contributed by atoms with van der Waals surface area (Å²) in [5, 5.41) is 12.8. The number of likely N-dealkylation sites (N-methyl/N-ethyl adjacent to an activating group) is 1. The summed E-state index contributed by atoms with van der Waals surface area (Å²) in [4.78, 5) is 49.8. The molecule has 12 nitrogen and oxygen atoms in total. The second kappa shape index (κ2) is 14.7. The third-order valence-corrected chi connectivity index (χ3v) is 6.34. The molecule has 5 heterocycles. The van der Waals surface area contributed by atoms with Crippen LogP contribution in [-0.4, -0.2) is 98.7 Å². The number of carboxylic acid groups (broad SMARTS) is 1. The molecular weight excluding hydrogens is 520 g/mol. The lowest BCUT2D eigenvalue weighted by Crippen LogP contribution is -2.45. The number of likely N-dealkylation sites (tertiary alicyclic amines) is 1. The Morgan fingerprint density at radius 3 is 2.48 bits per heavy atom. The molecule has 3 N–H and O–H groups in total. The van der Waals surface area contributed by atoms with Gasteiger partial charge < -0.3 is 39.8 Å². The molecule has 5 aliphatic heterocycles. The number of ether oxygens (including phenoxy) is 3. The average molecular weight is 557 g/mol. The average Bonchev–Trinajstić information content (AvgIpc) is 3.32. The summed E-state index contributed by atoms with van der Waals surface area (Å²) in [7, 11) is 5.23. The zero-order valence-corrected chi connectivity index (χ0v) is 22.9. The van der Waals surface area contributed by atoms with Crippen LogP contribution in [0.5, 0.6) is 17.2 Å². The minimum atomic E-state index is -0.386. The first kappa shape index (κ1) is 30.2. The third-order valence-electron chi connectivity index (χ3n) is 6.34. The highest BCUT2D eigenvalue weighted by atomic mass is 16.5. The van der Waals surface area contributed by atoms with Crippen molar-refractivity contribution >= 4 is 24.2 Å². The van der Waals surface area contributed by atoms with Gasteiger partial charge in [-0.2, -0.15) is 0 Å². The number of carbonyl (C=O) groups excluding carboxylic acids is 3.